The summed E-state index contributed by atoms with van der Waals surface area (Å²) in [5.74, 6) is 1.59. The molecule has 6 nitrogen and oxygen atoms in total. The van der Waals surface area contributed by atoms with Gasteiger partial charge in [0.2, 0.25) is 5.89 Å². The second-order valence-electron chi connectivity index (χ2n) is 6.65. The highest BCUT2D eigenvalue weighted by atomic mass is 19.1. The Hall–Kier alpha value is -2.44. The Morgan fingerprint density at radius 3 is 2.71 bits per heavy atom. The monoisotopic (exact) mass is 333 g/mol. The van der Waals surface area contributed by atoms with E-state index in [0.29, 0.717) is 30.8 Å². The summed E-state index contributed by atoms with van der Waals surface area (Å²) in [7, 11) is 3.58. The molecule has 2 aromatic rings. The first-order valence-electron chi connectivity index (χ1n) is 7.79. The van der Waals surface area contributed by atoms with Gasteiger partial charge in [0.05, 0.1) is 6.54 Å². The fourth-order valence-electron chi connectivity index (χ4n) is 2.16. The van der Waals surface area contributed by atoms with Crippen molar-refractivity contribution in [2.45, 2.75) is 39.3 Å². The summed E-state index contributed by atoms with van der Waals surface area (Å²) >= 11 is 0. The second-order valence-corrected chi connectivity index (χ2v) is 6.65. The van der Waals surface area contributed by atoms with Crippen molar-refractivity contribution in [3.8, 4) is 0 Å². The van der Waals surface area contributed by atoms with Crippen LogP contribution in [0.2, 0.25) is 0 Å². The van der Waals surface area contributed by atoms with E-state index in [1.54, 1.807) is 13.1 Å². The molecule has 0 atom stereocenters. The maximum atomic E-state index is 13.3. The van der Waals surface area contributed by atoms with Crippen molar-refractivity contribution in [1.29, 1.82) is 0 Å². The molecule has 1 heterocycles. The number of rotatable bonds is 4. The highest BCUT2D eigenvalue weighted by Gasteiger charge is 2.21. The van der Waals surface area contributed by atoms with E-state index in [4.69, 9.17) is 4.52 Å². The Kier molecular flexibility index (Phi) is 5.54. The van der Waals surface area contributed by atoms with Gasteiger partial charge in [-0.15, -0.1) is 0 Å². The Bertz CT molecular complexity index is 705. The van der Waals surface area contributed by atoms with Crippen molar-refractivity contribution in [2.24, 2.45) is 4.99 Å². The normalized spacial score (nSPS) is 12.3. The number of guanidine groups is 1. The molecule has 0 fully saturated rings. The van der Waals surface area contributed by atoms with Crippen LogP contribution in [0.4, 0.5) is 4.39 Å². The summed E-state index contributed by atoms with van der Waals surface area (Å²) in [5.41, 5.74) is 0.691. The maximum absolute atomic E-state index is 13.3. The molecule has 0 unspecified atom stereocenters. The van der Waals surface area contributed by atoms with Crippen molar-refractivity contribution in [1.82, 2.24) is 20.4 Å². The molecule has 0 radical (unpaired) electrons. The van der Waals surface area contributed by atoms with Crippen molar-refractivity contribution >= 4 is 5.96 Å². The molecular formula is C17H24FN5O. The van der Waals surface area contributed by atoms with Crippen LogP contribution in [0.3, 0.4) is 0 Å². The van der Waals surface area contributed by atoms with E-state index in [1.165, 1.54) is 12.1 Å². The van der Waals surface area contributed by atoms with Gasteiger partial charge in [0, 0.05) is 26.1 Å². The average Bonchev–Trinajstić information content (AvgIpc) is 2.97. The highest BCUT2D eigenvalue weighted by molar-refractivity contribution is 5.79. The zero-order valence-corrected chi connectivity index (χ0v) is 14.8. The fraction of sp³-hybridized carbons (Fsp3) is 0.471. The van der Waals surface area contributed by atoms with Crippen LogP contribution in [0.15, 0.2) is 33.8 Å². The van der Waals surface area contributed by atoms with E-state index in [1.807, 2.05) is 38.8 Å². The van der Waals surface area contributed by atoms with Gasteiger partial charge in [0.15, 0.2) is 11.8 Å². The van der Waals surface area contributed by atoms with Crippen molar-refractivity contribution in [3.05, 3.63) is 47.4 Å². The van der Waals surface area contributed by atoms with Crippen molar-refractivity contribution in [2.75, 3.05) is 14.1 Å². The van der Waals surface area contributed by atoms with Crippen LogP contribution in [-0.4, -0.2) is 35.1 Å². The molecule has 0 bridgehead atoms. The lowest BCUT2D eigenvalue weighted by Gasteiger charge is -2.21. The van der Waals surface area contributed by atoms with Gasteiger partial charge in [-0.05, 0) is 17.7 Å². The zero-order valence-electron chi connectivity index (χ0n) is 14.8. The first kappa shape index (κ1) is 17.9. The Labute approximate surface area is 141 Å². The number of nitrogens with zero attached hydrogens (tertiary/aromatic N) is 4. The van der Waals surface area contributed by atoms with Crippen LogP contribution < -0.4 is 5.32 Å². The summed E-state index contributed by atoms with van der Waals surface area (Å²) in [6.07, 6.45) is 0. The number of halogens is 1. The van der Waals surface area contributed by atoms with Crippen LogP contribution in [0.25, 0.3) is 0 Å². The number of benzene rings is 1. The predicted octanol–water partition coefficient (Wildman–Crippen LogP) is 2.71. The minimum absolute atomic E-state index is 0.179. The van der Waals surface area contributed by atoms with Gasteiger partial charge in [-0.2, -0.15) is 4.98 Å². The van der Waals surface area contributed by atoms with Crippen molar-refractivity contribution < 1.29 is 8.91 Å². The van der Waals surface area contributed by atoms with Gasteiger partial charge in [-0.25, -0.2) is 4.39 Å². The zero-order chi connectivity index (χ0) is 17.7. The minimum atomic E-state index is -0.245. The largest absolute Gasteiger partial charge is 0.349 e. The average molecular weight is 333 g/mol. The number of hydrogen-bond acceptors (Lipinski definition) is 4. The number of aromatic nitrogens is 2. The Balaban J connectivity index is 1.95. The Morgan fingerprint density at radius 1 is 1.38 bits per heavy atom. The molecule has 130 valence electrons. The molecule has 0 amide bonds. The molecule has 0 aliphatic rings. The number of hydrogen-bond donors (Lipinski definition) is 1. The third kappa shape index (κ3) is 4.78. The molecule has 0 saturated heterocycles. The van der Waals surface area contributed by atoms with Crippen LogP contribution in [0.1, 0.15) is 38.0 Å². The molecule has 2 rings (SSSR count). The second kappa shape index (κ2) is 7.42. The molecule has 7 heteroatoms. The van der Waals surface area contributed by atoms with Gasteiger partial charge in [0.25, 0.3) is 0 Å². The molecule has 0 spiro atoms. The maximum Gasteiger partial charge on any atom is 0.232 e. The van der Waals surface area contributed by atoms with Crippen LogP contribution >= 0.6 is 0 Å². The molecule has 0 aliphatic heterocycles. The molecule has 0 saturated carbocycles. The lowest BCUT2D eigenvalue weighted by atomic mass is 9.97. The van der Waals surface area contributed by atoms with E-state index < -0.39 is 0 Å². The summed E-state index contributed by atoms with van der Waals surface area (Å²) in [6.45, 7) is 6.99. The first-order chi connectivity index (χ1) is 11.3. The molecule has 1 N–H and O–H groups in total. The number of aliphatic imine (C=N–C) groups is 1. The van der Waals surface area contributed by atoms with Gasteiger partial charge >= 0.3 is 0 Å². The van der Waals surface area contributed by atoms with Crippen LogP contribution in [-0.2, 0) is 18.5 Å². The summed E-state index contributed by atoms with van der Waals surface area (Å²) in [4.78, 5) is 10.5. The SMILES string of the molecule is CN=C(NCc1noc(C(C)(C)C)n1)N(C)Cc1cccc(F)c1. The van der Waals surface area contributed by atoms with Crippen LogP contribution in [0.5, 0.6) is 0 Å². The summed E-state index contributed by atoms with van der Waals surface area (Å²) in [6, 6.07) is 6.52. The smallest absolute Gasteiger partial charge is 0.232 e. The lowest BCUT2D eigenvalue weighted by molar-refractivity contribution is 0.318. The van der Waals surface area contributed by atoms with Gasteiger partial charge < -0.3 is 14.7 Å². The van der Waals surface area contributed by atoms with E-state index in [9.17, 15) is 4.39 Å². The summed E-state index contributed by atoms with van der Waals surface area (Å²) in [5, 5.41) is 7.15. The van der Waals surface area contributed by atoms with E-state index in [0.717, 1.165) is 5.56 Å². The van der Waals surface area contributed by atoms with Gasteiger partial charge in [-0.3, -0.25) is 4.99 Å². The van der Waals surface area contributed by atoms with E-state index in [-0.39, 0.29) is 11.2 Å². The van der Waals surface area contributed by atoms with E-state index in [2.05, 4.69) is 20.4 Å². The van der Waals surface area contributed by atoms with Gasteiger partial charge in [0.1, 0.15) is 5.82 Å². The molecule has 1 aromatic carbocycles. The van der Waals surface area contributed by atoms with Crippen molar-refractivity contribution in [3.63, 3.8) is 0 Å². The number of nitrogens with one attached hydrogen (secondary N) is 1. The quantitative estimate of drug-likeness (QED) is 0.688. The van der Waals surface area contributed by atoms with E-state index >= 15 is 0 Å². The molecule has 1 aromatic heterocycles. The molecular weight excluding hydrogens is 309 g/mol. The Morgan fingerprint density at radius 2 is 2.12 bits per heavy atom. The molecule has 0 aliphatic carbocycles. The fourth-order valence-corrected chi connectivity index (χ4v) is 2.16. The van der Waals surface area contributed by atoms with Crippen LogP contribution in [0, 0.1) is 5.82 Å². The first-order valence-corrected chi connectivity index (χ1v) is 7.79. The standard InChI is InChI=1S/C17H24FN5O/c1-17(2,3)15-21-14(22-24-15)10-20-16(19-4)23(5)11-12-7-6-8-13(18)9-12/h6-9H,10-11H2,1-5H3,(H,19,20). The predicted molar refractivity (Wildman–Crippen MR) is 91.1 cm³/mol. The summed E-state index contributed by atoms with van der Waals surface area (Å²) < 4.78 is 18.5. The van der Waals surface area contributed by atoms with Gasteiger partial charge in [-0.1, -0.05) is 38.1 Å². The third-order valence-electron chi connectivity index (χ3n) is 3.40. The molecule has 24 heavy (non-hydrogen) atoms. The topological polar surface area (TPSA) is 66.5 Å². The third-order valence-corrected chi connectivity index (χ3v) is 3.40. The lowest BCUT2D eigenvalue weighted by Crippen LogP contribution is -2.38. The minimum Gasteiger partial charge on any atom is -0.349 e. The highest BCUT2D eigenvalue weighted by Crippen LogP contribution is 2.19.